The Morgan fingerprint density at radius 3 is 2.76 bits per heavy atom. The van der Waals surface area contributed by atoms with E-state index >= 15 is 0 Å². The van der Waals surface area contributed by atoms with Gasteiger partial charge in [0, 0.05) is 24.2 Å². The molecule has 0 saturated carbocycles. The normalized spacial score (nSPS) is 28.2. The number of amides is 3. The third-order valence-electron chi connectivity index (χ3n) is 7.12. The van der Waals surface area contributed by atoms with Gasteiger partial charge in [0.2, 0.25) is 18.1 Å². The van der Waals surface area contributed by atoms with E-state index in [9.17, 15) is 19.2 Å². The predicted octanol–water partition coefficient (Wildman–Crippen LogP) is 1.84. The van der Waals surface area contributed by atoms with Crippen molar-refractivity contribution in [3.8, 4) is 0 Å². The van der Waals surface area contributed by atoms with E-state index in [2.05, 4.69) is 15.6 Å². The molecule has 0 spiro atoms. The van der Waals surface area contributed by atoms with Crippen LogP contribution in [0.25, 0.3) is 10.8 Å². The van der Waals surface area contributed by atoms with E-state index in [1.54, 1.807) is 18.0 Å². The lowest BCUT2D eigenvalue weighted by Crippen LogP contribution is -2.57. The molecule has 1 aromatic carbocycles. The molecular weight excluding hydrogens is 476 g/mol. The van der Waals surface area contributed by atoms with Crippen molar-refractivity contribution in [3.63, 3.8) is 0 Å². The smallest absolute Gasteiger partial charge is 0.310 e. The van der Waals surface area contributed by atoms with Crippen molar-refractivity contribution < 1.29 is 28.7 Å². The maximum absolute atomic E-state index is 13.8. The van der Waals surface area contributed by atoms with Gasteiger partial charge in [-0.25, -0.2) is 0 Å². The van der Waals surface area contributed by atoms with E-state index in [-0.39, 0.29) is 30.0 Å². The van der Waals surface area contributed by atoms with Gasteiger partial charge < -0.3 is 25.0 Å². The Kier molecular flexibility index (Phi) is 7.18. The summed E-state index contributed by atoms with van der Waals surface area (Å²) in [6.45, 7) is 2.11. The average molecular weight is 507 g/mol. The topological polar surface area (TPSA) is 127 Å². The van der Waals surface area contributed by atoms with Gasteiger partial charge in [-0.3, -0.25) is 24.2 Å². The summed E-state index contributed by atoms with van der Waals surface area (Å²) < 4.78 is 10.6. The minimum absolute atomic E-state index is 0.0138. The van der Waals surface area contributed by atoms with Crippen LogP contribution in [0.2, 0.25) is 0 Å². The van der Waals surface area contributed by atoms with Crippen LogP contribution in [0.5, 0.6) is 0 Å². The van der Waals surface area contributed by atoms with Gasteiger partial charge in [-0.05, 0) is 44.1 Å². The van der Waals surface area contributed by atoms with Crippen molar-refractivity contribution >= 4 is 34.5 Å². The second kappa shape index (κ2) is 10.7. The Hall–Kier alpha value is -3.79. The lowest BCUT2D eigenvalue weighted by Gasteiger charge is -2.34. The first-order valence-corrected chi connectivity index (χ1v) is 12.7. The number of esters is 1. The van der Waals surface area contributed by atoms with Crippen molar-refractivity contribution in [2.24, 2.45) is 0 Å². The number of pyridine rings is 1. The van der Waals surface area contributed by atoms with Crippen LogP contribution in [0.1, 0.15) is 49.5 Å². The summed E-state index contributed by atoms with van der Waals surface area (Å²) in [5.74, 6) is -1.54. The van der Waals surface area contributed by atoms with Gasteiger partial charge in [0.05, 0.1) is 6.42 Å². The molecule has 2 saturated heterocycles. The van der Waals surface area contributed by atoms with Crippen molar-refractivity contribution in [2.75, 3.05) is 6.61 Å². The number of nitrogens with zero attached hydrogens (tertiary/aromatic N) is 2. The summed E-state index contributed by atoms with van der Waals surface area (Å²) in [6, 6.07) is 6.95. The molecule has 0 aliphatic carbocycles. The van der Waals surface area contributed by atoms with E-state index in [1.807, 2.05) is 42.5 Å². The number of rotatable bonds is 6. The van der Waals surface area contributed by atoms with Crippen LogP contribution in [-0.4, -0.2) is 70.6 Å². The molecule has 10 nitrogen and oxygen atoms in total. The molecule has 2 aromatic rings. The van der Waals surface area contributed by atoms with Crippen LogP contribution in [0.15, 0.2) is 48.7 Å². The first-order valence-electron chi connectivity index (χ1n) is 12.7. The fraction of sp³-hybridized carbons (Fsp3) is 0.444. The Morgan fingerprint density at radius 1 is 1.11 bits per heavy atom. The quantitative estimate of drug-likeness (QED) is 0.452. The summed E-state index contributed by atoms with van der Waals surface area (Å²) >= 11 is 0. The maximum atomic E-state index is 13.8. The van der Waals surface area contributed by atoms with Crippen molar-refractivity contribution in [2.45, 2.75) is 69.5 Å². The molecule has 37 heavy (non-hydrogen) atoms. The Morgan fingerprint density at radius 2 is 1.92 bits per heavy atom. The van der Waals surface area contributed by atoms with Gasteiger partial charge in [-0.15, -0.1) is 0 Å². The lowest BCUT2D eigenvalue weighted by molar-refractivity contribution is -0.164. The minimum Gasteiger partial charge on any atom is -0.433 e. The molecule has 1 aromatic heterocycles. The largest absolute Gasteiger partial charge is 0.433 e. The number of cyclic esters (lactones) is 1. The highest BCUT2D eigenvalue weighted by molar-refractivity contribution is 6.06. The number of carbonyl (C=O) groups is 4. The summed E-state index contributed by atoms with van der Waals surface area (Å²) in [5, 5.41) is 7.29. The molecule has 3 amide bonds. The molecule has 0 radical (unpaired) electrons. The Labute approximate surface area is 214 Å². The van der Waals surface area contributed by atoms with E-state index in [0.29, 0.717) is 37.7 Å². The van der Waals surface area contributed by atoms with Gasteiger partial charge in [0.1, 0.15) is 23.8 Å². The molecule has 5 rings (SSSR count). The number of carbonyl (C=O) groups excluding carboxylic acids is 4. The number of nitrogens with one attached hydrogen (secondary N) is 2. The molecule has 3 aliphatic heterocycles. The molecule has 5 unspecified atom stereocenters. The van der Waals surface area contributed by atoms with E-state index in [1.165, 1.54) is 0 Å². The van der Waals surface area contributed by atoms with E-state index < -0.39 is 36.3 Å². The number of hydrogen-bond acceptors (Lipinski definition) is 7. The van der Waals surface area contributed by atoms with Crippen LogP contribution in [-0.2, 0) is 23.9 Å². The molecule has 5 atom stereocenters. The Balaban J connectivity index is 1.33. The fourth-order valence-corrected chi connectivity index (χ4v) is 5.37. The van der Waals surface area contributed by atoms with Crippen LogP contribution in [0, 0.1) is 0 Å². The second-order valence-electron chi connectivity index (χ2n) is 9.47. The fourth-order valence-electron chi connectivity index (χ4n) is 5.37. The van der Waals surface area contributed by atoms with Crippen LogP contribution in [0.4, 0.5) is 0 Å². The standard InChI is InChI=1S/C27H30N4O6/c1-2-36-27-20(15-22(32)37-27)30-24(33)21-12-11-17-8-4-6-10-19(26(35)31(17)21)29-25(34)23-18-9-5-3-7-16(18)13-14-28-23/h3-7,9,13-14,17,19-21,27H,2,8,10-12,15H2,1H3,(H,29,34)(H,30,33)/b6-4-. The minimum atomic E-state index is -0.843. The van der Waals surface area contributed by atoms with E-state index in [0.717, 1.165) is 5.39 Å². The van der Waals surface area contributed by atoms with Crippen LogP contribution >= 0.6 is 0 Å². The van der Waals surface area contributed by atoms with E-state index in [4.69, 9.17) is 9.47 Å². The highest BCUT2D eigenvalue weighted by Gasteiger charge is 2.45. The summed E-state index contributed by atoms with van der Waals surface area (Å²) in [4.78, 5) is 57.9. The molecule has 4 heterocycles. The van der Waals surface area contributed by atoms with Gasteiger partial charge in [-0.1, -0.05) is 36.4 Å². The maximum Gasteiger partial charge on any atom is 0.310 e. The van der Waals surface area contributed by atoms with Gasteiger partial charge in [0.15, 0.2) is 0 Å². The first kappa shape index (κ1) is 24.9. The molecular formula is C27H30N4O6. The van der Waals surface area contributed by atoms with Crippen molar-refractivity contribution in [1.82, 2.24) is 20.5 Å². The number of ether oxygens (including phenoxy) is 2. The molecule has 10 heteroatoms. The molecule has 3 aliphatic rings. The zero-order valence-electron chi connectivity index (χ0n) is 20.6. The van der Waals surface area contributed by atoms with Crippen molar-refractivity contribution in [1.29, 1.82) is 0 Å². The number of fused-ring (bicyclic) bond motifs is 2. The van der Waals surface area contributed by atoms with Gasteiger partial charge in [-0.2, -0.15) is 0 Å². The summed E-state index contributed by atoms with van der Waals surface area (Å²) in [7, 11) is 0. The van der Waals surface area contributed by atoms with Crippen LogP contribution in [0.3, 0.4) is 0 Å². The summed E-state index contributed by atoms with van der Waals surface area (Å²) in [6.07, 6.45) is 6.73. The SMILES string of the molecule is CCOC1OC(=O)CC1NC(=O)C1CCC2C/C=C\CC(NC(=O)c3nccc4ccccc34)C(=O)N21. The first-order chi connectivity index (χ1) is 18.0. The predicted molar refractivity (Wildman–Crippen MR) is 133 cm³/mol. The second-order valence-corrected chi connectivity index (χ2v) is 9.47. The number of hydrogen-bond donors (Lipinski definition) is 2. The number of benzene rings is 1. The molecule has 194 valence electrons. The van der Waals surface area contributed by atoms with Crippen molar-refractivity contribution in [3.05, 3.63) is 54.4 Å². The molecule has 0 bridgehead atoms. The third-order valence-corrected chi connectivity index (χ3v) is 7.12. The monoisotopic (exact) mass is 506 g/mol. The molecule has 2 fully saturated rings. The zero-order chi connectivity index (χ0) is 25.9. The molecule has 2 N–H and O–H groups in total. The highest BCUT2D eigenvalue weighted by Crippen LogP contribution is 2.30. The van der Waals surface area contributed by atoms with Gasteiger partial charge >= 0.3 is 5.97 Å². The Bertz CT molecular complexity index is 1240. The number of aromatic nitrogens is 1. The average Bonchev–Trinajstić information content (AvgIpc) is 3.46. The lowest BCUT2D eigenvalue weighted by atomic mass is 10.0. The summed E-state index contributed by atoms with van der Waals surface area (Å²) in [5.41, 5.74) is 0.247. The zero-order valence-corrected chi connectivity index (χ0v) is 20.6. The highest BCUT2D eigenvalue weighted by atomic mass is 16.7. The third kappa shape index (κ3) is 5.06. The van der Waals surface area contributed by atoms with Crippen LogP contribution < -0.4 is 10.6 Å². The van der Waals surface area contributed by atoms with Gasteiger partial charge in [0.25, 0.3) is 5.91 Å².